The molecule has 2 N–H and O–H groups in total. The summed E-state index contributed by atoms with van der Waals surface area (Å²) in [4.78, 5) is 21.4. The summed E-state index contributed by atoms with van der Waals surface area (Å²) in [6.07, 6.45) is 15.9. The molecule has 0 fully saturated rings. The third-order valence-corrected chi connectivity index (χ3v) is 4.39. The molecule has 0 aromatic carbocycles. The molecule has 0 aromatic rings. The second kappa shape index (κ2) is 15.8. The molecule has 0 aromatic heterocycles. The van der Waals surface area contributed by atoms with E-state index in [1.54, 1.807) is 0 Å². The van der Waals surface area contributed by atoms with E-state index < -0.39 is 11.9 Å². The van der Waals surface area contributed by atoms with Gasteiger partial charge in [0.25, 0.3) is 0 Å². The second-order valence-electron chi connectivity index (χ2n) is 6.74. The Balaban J connectivity index is 3.42. The van der Waals surface area contributed by atoms with Crippen LogP contribution in [0.2, 0.25) is 0 Å². The van der Waals surface area contributed by atoms with Crippen molar-refractivity contribution in [2.24, 2.45) is 5.92 Å². The summed E-state index contributed by atoms with van der Waals surface area (Å²) < 4.78 is 0. The topological polar surface area (TPSA) is 74.6 Å². The van der Waals surface area contributed by atoms with E-state index in [1.807, 2.05) is 0 Å². The molecule has 4 heteroatoms. The highest BCUT2D eigenvalue weighted by Gasteiger charge is 2.16. The third-order valence-electron chi connectivity index (χ3n) is 4.39. The van der Waals surface area contributed by atoms with Crippen LogP contribution in [0, 0.1) is 5.92 Å². The maximum atomic E-state index is 10.7. The standard InChI is InChI=1S/C19H36O4/c1-2-3-4-5-6-7-8-9-10-11-12-13-14-17(15-18(20)21)16-19(22)23/h17H,2-16H2,1H3,(H,20,21)(H,22,23). The fourth-order valence-corrected chi connectivity index (χ4v) is 3.04. The maximum Gasteiger partial charge on any atom is 0.303 e. The van der Waals surface area contributed by atoms with E-state index in [4.69, 9.17) is 10.2 Å². The normalized spacial score (nSPS) is 11.0. The molecule has 136 valence electrons. The predicted molar refractivity (Wildman–Crippen MR) is 93.7 cm³/mol. The summed E-state index contributed by atoms with van der Waals surface area (Å²) in [6.45, 7) is 2.24. The Hall–Kier alpha value is -1.06. The van der Waals surface area contributed by atoms with Gasteiger partial charge in [-0.15, -0.1) is 0 Å². The molecule has 0 spiro atoms. The van der Waals surface area contributed by atoms with Crippen LogP contribution in [-0.4, -0.2) is 22.2 Å². The first kappa shape index (κ1) is 21.9. The van der Waals surface area contributed by atoms with Crippen molar-refractivity contribution in [1.82, 2.24) is 0 Å². The van der Waals surface area contributed by atoms with E-state index in [0.29, 0.717) is 0 Å². The van der Waals surface area contributed by atoms with Crippen molar-refractivity contribution in [2.45, 2.75) is 103 Å². The number of aliphatic carboxylic acids is 2. The van der Waals surface area contributed by atoms with Crippen LogP contribution in [0.5, 0.6) is 0 Å². The molecule has 0 saturated carbocycles. The molecule has 0 unspecified atom stereocenters. The number of hydrogen-bond acceptors (Lipinski definition) is 2. The lowest BCUT2D eigenvalue weighted by Crippen LogP contribution is -2.12. The van der Waals surface area contributed by atoms with Gasteiger partial charge in [-0.2, -0.15) is 0 Å². The minimum atomic E-state index is -0.893. The van der Waals surface area contributed by atoms with Crippen molar-refractivity contribution in [2.75, 3.05) is 0 Å². The number of hydrogen-bond donors (Lipinski definition) is 2. The molecular formula is C19H36O4. The SMILES string of the molecule is CCCCCCCCCCCCCCC(CC(=O)O)CC(=O)O. The van der Waals surface area contributed by atoms with Crippen LogP contribution in [0.25, 0.3) is 0 Å². The molecule has 23 heavy (non-hydrogen) atoms. The number of rotatable bonds is 17. The van der Waals surface area contributed by atoms with Gasteiger partial charge in [0.15, 0.2) is 0 Å². The summed E-state index contributed by atoms with van der Waals surface area (Å²) in [6, 6.07) is 0. The van der Waals surface area contributed by atoms with Crippen molar-refractivity contribution < 1.29 is 19.8 Å². The van der Waals surface area contributed by atoms with Gasteiger partial charge in [-0.1, -0.05) is 84.0 Å². The number of carboxylic acid groups (broad SMARTS) is 2. The molecule has 0 aliphatic heterocycles. The first-order valence-corrected chi connectivity index (χ1v) is 9.49. The first-order chi connectivity index (χ1) is 11.1. The van der Waals surface area contributed by atoms with Crippen LogP contribution in [-0.2, 0) is 9.59 Å². The summed E-state index contributed by atoms with van der Waals surface area (Å²) in [5, 5.41) is 17.6. The van der Waals surface area contributed by atoms with Gasteiger partial charge >= 0.3 is 11.9 Å². The Morgan fingerprint density at radius 1 is 0.652 bits per heavy atom. The van der Waals surface area contributed by atoms with Crippen LogP contribution < -0.4 is 0 Å². The molecule has 0 aliphatic rings. The molecule has 0 rings (SSSR count). The fraction of sp³-hybridized carbons (Fsp3) is 0.895. The Morgan fingerprint density at radius 3 is 1.35 bits per heavy atom. The average Bonchev–Trinajstić information content (AvgIpc) is 2.47. The van der Waals surface area contributed by atoms with Crippen molar-refractivity contribution in [1.29, 1.82) is 0 Å². The van der Waals surface area contributed by atoms with Gasteiger partial charge in [0, 0.05) is 12.8 Å². The summed E-state index contributed by atoms with van der Waals surface area (Å²) in [7, 11) is 0. The van der Waals surface area contributed by atoms with Gasteiger partial charge in [0.2, 0.25) is 0 Å². The highest BCUT2D eigenvalue weighted by atomic mass is 16.4. The zero-order valence-electron chi connectivity index (χ0n) is 14.9. The minimum Gasteiger partial charge on any atom is -0.481 e. The zero-order chi connectivity index (χ0) is 17.3. The molecule has 0 heterocycles. The highest BCUT2D eigenvalue weighted by Crippen LogP contribution is 2.19. The third kappa shape index (κ3) is 17.1. The predicted octanol–water partition coefficient (Wildman–Crippen LogP) is 5.64. The van der Waals surface area contributed by atoms with Gasteiger partial charge in [0.1, 0.15) is 0 Å². The van der Waals surface area contributed by atoms with E-state index >= 15 is 0 Å². The lowest BCUT2D eigenvalue weighted by molar-refractivity contribution is -0.140. The molecule has 0 bridgehead atoms. The van der Waals surface area contributed by atoms with E-state index in [-0.39, 0.29) is 18.8 Å². The average molecular weight is 328 g/mol. The highest BCUT2D eigenvalue weighted by molar-refractivity contribution is 5.70. The monoisotopic (exact) mass is 328 g/mol. The molecular weight excluding hydrogens is 292 g/mol. The first-order valence-electron chi connectivity index (χ1n) is 9.49. The van der Waals surface area contributed by atoms with Crippen molar-refractivity contribution in [3.05, 3.63) is 0 Å². The largest absolute Gasteiger partial charge is 0.481 e. The van der Waals surface area contributed by atoms with Crippen LogP contribution in [0.1, 0.15) is 103 Å². The van der Waals surface area contributed by atoms with E-state index in [1.165, 1.54) is 64.2 Å². The van der Waals surface area contributed by atoms with Gasteiger partial charge < -0.3 is 10.2 Å². The van der Waals surface area contributed by atoms with E-state index in [2.05, 4.69) is 6.92 Å². The molecule has 4 nitrogen and oxygen atoms in total. The van der Waals surface area contributed by atoms with E-state index in [0.717, 1.165) is 19.3 Å². The minimum absolute atomic E-state index is 0.0235. The van der Waals surface area contributed by atoms with Crippen LogP contribution in [0.15, 0.2) is 0 Å². The van der Waals surface area contributed by atoms with E-state index in [9.17, 15) is 9.59 Å². The van der Waals surface area contributed by atoms with Gasteiger partial charge in [-0.25, -0.2) is 0 Å². The second-order valence-corrected chi connectivity index (χ2v) is 6.74. The van der Waals surface area contributed by atoms with Crippen molar-refractivity contribution in [3.63, 3.8) is 0 Å². The maximum absolute atomic E-state index is 10.7. The van der Waals surface area contributed by atoms with Gasteiger partial charge in [-0.05, 0) is 12.3 Å². The van der Waals surface area contributed by atoms with Gasteiger partial charge in [0.05, 0.1) is 0 Å². The molecule has 0 saturated heterocycles. The molecule has 0 amide bonds. The zero-order valence-corrected chi connectivity index (χ0v) is 14.9. The van der Waals surface area contributed by atoms with Gasteiger partial charge in [-0.3, -0.25) is 9.59 Å². The lowest BCUT2D eigenvalue weighted by Gasteiger charge is -2.11. The Bertz CT molecular complexity index is 286. The molecule has 0 atom stereocenters. The molecule has 0 radical (unpaired) electrons. The lowest BCUT2D eigenvalue weighted by atomic mass is 9.94. The summed E-state index contributed by atoms with van der Waals surface area (Å²) >= 11 is 0. The van der Waals surface area contributed by atoms with Crippen LogP contribution >= 0.6 is 0 Å². The van der Waals surface area contributed by atoms with Crippen LogP contribution in [0.3, 0.4) is 0 Å². The van der Waals surface area contributed by atoms with Crippen molar-refractivity contribution >= 4 is 11.9 Å². The summed E-state index contributed by atoms with van der Waals surface area (Å²) in [5.41, 5.74) is 0. The summed E-state index contributed by atoms with van der Waals surface area (Å²) in [5.74, 6) is -2.00. The quantitative estimate of drug-likeness (QED) is 0.339. The number of unbranched alkanes of at least 4 members (excludes halogenated alkanes) is 11. The fourth-order valence-electron chi connectivity index (χ4n) is 3.04. The number of carboxylic acids is 2. The smallest absolute Gasteiger partial charge is 0.303 e. The molecule has 0 aliphatic carbocycles. The van der Waals surface area contributed by atoms with Crippen molar-refractivity contribution in [3.8, 4) is 0 Å². The van der Waals surface area contributed by atoms with Crippen LogP contribution in [0.4, 0.5) is 0 Å². The number of carbonyl (C=O) groups is 2. The Kier molecular flexibility index (Phi) is 15.1. The Morgan fingerprint density at radius 2 is 1.00 bits per heavy atom. The Labute approximate surface area is 141 Å².